The molecule has 0 aromatic rings. The predicted octanol–water partition coefficient (Wildman–Crippen LogP) is 2.41. The lowest BCUT2D eigenvalue weighted by Gasteiger charge is -2.09. The van der Waals surface area contributed by atoms with E-state index in [4.69, 9.17) is 9.47 Å². The Hall–Kier alpha value is -0.660. The van der Waals surface area contributed by atoms with Crippen LogP contribution in [0.25, 0.3) is 0 Å². The zero-order valence-corrected chi connectivity index (χ0v) is 6.59. The molecule has 0 saturated heterocycles. The molecule has 0 saturated carbocycles. The topological polar surface area (TPSA) is 18.5 Å². The second-order valence-corrected chi connectivity index (χ2v) is 2.55. The van der Waals surface area contributed by atoms with E-state index in [1.165, 1.54) is 12.8 Å². The lowest BCUT2D eigenvalue weighted by molar-refractivity contribution is -0.0372. The third kappa shape index (κ3) is 1.94. The summed E-state index contributed by atoms with van der Waals surface area (Å²) < 4.78 is 10.5. The predicted molar refractivity (Wildman–Crippen MR) is 39.2 cm³/mol. The normalized spacial score (nSPS) is 23.4. The molecule has 0 radical (unpaired) electrons. The van der Waals surface area contributed by atoms with Crippen molar-refractivity contribution >= 4 is 0 Å². The van der Waals surface area contributed by atoms with E-state index >= 15 is 0 Å². The van der Waals surface area contributed by atoms with Crippen molar-refractivity contribution in [3.63, 3.8) is 0 Å². The minimum Gasteiger partial charge on any atom is -0.459 e. The largest absolute Gasteiger partial charge is 0.459 e. The maximum atomic E-state index is 5.30. The lowest BCUT2D eigenvalue weighted by atomic mass is 10.2. The highest BCUT2D eigenvalue weighted by atomic mass is 16.7. The van der Waals surface area contributed by atoms with Crippen LogP contribution in [0.5, 0.6) is 0 Å². The molecule has 2 heteroatoms. The fourth-order valence-electron chi connectivity index (χ4n) is 0.932. The number of hydrogen-bond acceptors (Lipinski definition) is 2. The Morgan fingerprint density at radius 3 is 2.90 bits per heavy atom. The van der Waals surface area contributed by atoms with E-state index in [0.717, 1.165) is 12.2 Å². The van der Waals surface area contributed by atoms with Gasteiger partial charge in [0.1, 0.15) is 12.0 Å². The van der Waals surface area contributed by atoms with Crippen LogP contribution in [0.4, 0.5) is 0 Å². The van der Waals surface area contributed by atoms with Crippen molar-refractivity contribution < 1.29 is 9.47 Å². The minimum absolute atomic E-state index is 0.0000463. The maximum absolute atomic E-state index is 5.30. The van der Waals surface area contributed by atoms with Gasteiger partial charge in [-0.1, -0.05) is 13.3 Å². The van der Waals surface area contributed by atoms with Crippen molar-refractivity contribution in [2.24, 2.45) is 0 Å². The van der Waals surface area contributed by atoms with Gasteiger partial charge in [0, 0.05) is 6.42 Å². The van der Waals surface area contributed by atoms with Crippen LogP contribution in [-0.2, 0) is 9.47 Å². The van der Waals surface area contributed by atoms with Gasteiger partial charge in [-0.3, -0.25) is 0 Å². The summed E-state index contributed by atoms with van der Waals surface area (Å²) in [4.78, 5) is 0. The van der Waals surface area contributed by atoms with E-state index in [-0.39, 0.29) is 6.29 Å². The quantitative estimate of drug-likeness (QED) is 0.602. The first-order chi connectivity index (χ1) is 4.83. The molecule has 0 aromatic heterocycles. The van der Waals surface area contributed by atoms with Crippen molar-refractivity contribution in [2.45, 2.75) is 39.4 Å². The molecular formula is C8H14O2. The van der Waals surface area contributed by atoms with Gasteiger partial charge in [-0.2, -0.15) is 0 Å². The molecular weight excluding hydrogens is 128 g/mol. The maximum Gasteiger partial charge on any atom is 0.240 e. The summed E-state index contributed by atoms with van der Waals surface area (Å²) in [5, 5.41) is 0. The monoisotopic (exact) mass is 142 g/mol. The Morgan fingerprint density at radius 2 is 2.40 bits per heavy atom. The zero-order valence-electron chi connectivity index (χ0n) is 6.59. The molecule has 0 fully saturated rings. The van der Waals surface area contributed by atoms with Gasteiger partial charge >= 0.3 is 0 Å². The van der Waals surface area contributed by atoms with Gasteiger partial charge in [-0.15, -0.1) is 0 Å². The summed E-state index contributed by atoms with van der Waals surface area (Å²) in [5.74, 6) is 0.890. The number of unbranched alkanes of at least 4 members (excludes halogenated alkanes) is 1. The van der Waals surface area contributed by atoms with E-state index in [1.54, 1.807) is 6.26 Å². The minimum atomic E-state index is -0.0000463. The molecule has 0 aliphatic carbocycles. The molecule has 1 aliphatic heterocycles. The Balaban J connectivity index is 2.11. The highest BCUT2D eigenvalue weighted by molar-refractivity contribution is 4.86. The van der Waals surface area contributed by atoms with Crippen molar-refractivity contribution in [1.82, 2.24) is 0 Å². The van der Waals surface area contributed by atoms with Crippen LogP contribution in [0.1, 0.15) is 33.1 Å². The van der Waals surface area contributed by atoms with E-state index < -0.39 is 0 Å². The Kier molecular flexibility index (Phi) is 2.60. The number of ether oxygens (including phenoxy) is 2. The standard InChI is InChI=1S/C8H14O2/c1-3-4-5-8-9-6-7(2)10-8/h6,8H,3-5H2,1-2H3. The molecule has 58 valence electrons. The highest BCUT2D eigenvalue weighted by Crippen LogP contribution is 2.17. The van der Waals surface area contributed by atoms with Gasteiger partial charge in [0.2, 0.25) is 6.29 Å². The first-order valence-electron chi connectivity index (χ1n) is 3.82. The van der Waals surface area contributed by atoms with Crippen LogP contribution in [0, 0.1) is 0 Å². The van der Waals surface area contributed by atoms with E-state index in [1.807, 2.05) is 6.92 Å². The van der Waals surface area contributed by atoms with Crippen molar-refractivity contribution in [3.05, 3.63) is 12.0 Å². The molecule has 0 bridgehead atoms. The Morgan fingerprint density at radius 1 is 1.60 bits per heavy atom. The van der Waals surface area contributed by atoms with Gasteiger partial charge < -0.3 is 9.47 Å². The molecule has 1 aliphatic rings. The molecule has 0 spiro atoms. The number of rotatable bonds is 3. The fraction of sp³-hybridized carbons (Fsp3) is 0.750. The van der Waals surface area contributed by atoms with Crippen molar-refractivity contribution in [3.8, 4) is 0 Å². The Bertz CT molecular complexity index is 129. The summed E-state index contributed by atoms with van der Waals surface area (Å²) in [6, 6.07) is 0. The van der Waals surface area contributed by atoms with E-state index in [9.17, 15) is 0 Å². The zero-order chi connectivity index (χ0) is 7.40. The van der Waals surface area contributed by atoms with Crippen LogP contribution in [-0.4, -0.2) is 6.29 Å². The SMILES string of the molecule is CCCCC1OC=C(C)O1. The molecule has 1 atom stereocenters. The van der Waals surface area contributed by atoms with Crippen LogP contribution < -0.4 is 0 Å². The van der Waals surface area contributed by atoms with Gasteiger partial charge in [-0.25, -0.2) is 0 Å². The molecule has 0 aromatic carbocycles. The van der Waals surface area contributed by atoms with Crippen LogP contribution in [0.15, 0.2) is 12.0 Å². The van der Waals surface area contributed by atoms with Gasteiger partial charge in [-0.05, 0) is 13.3 Å². The first kappa shape index (κ1) is 7.45. The summed E-state index contributed by atoms with van der Waals surface area (Å²) in [6.07, 6.45) is 5.05. The molecule has 0 N–H and O–H groups in total. The van der Waals surface area contributed by atoms with Gasteiger partial charge in [0.15, 0.2) is 0 Å². The molecule has 10 heavy (non-hydrogen) atoms. The summed E-state index contributed by atoms with van der Waals surface area (Å²) in [7, 11) is 0. The van der Waals surface area contributed by atoms with Crippen molar-refractivity contribution in [2.75, 3.05) is 0 Å². The van der Waals surface area contributed by atoms with Crippen LogP contribution in [0.2, 0.25) is 0 Å². The average Bonchev–Trinajstić information content (AvgIpc) is 2.31. The molecule has 2 nitrogen and oxygen atoms in total. The third-order valence-electron chi connectivity index (χ3n) is 1.50. The molecule has 1 unspecified atom stereocenters. The fourth-order valence-corrected chi connectivity index (χ4v) is 0.932. The molecule has 0 amide bonds. The number of hydrogen-bond donors (Lipinski definition) is 0. The van der Waals surface area contributed by atoms with Crippen LogP contribution >= 0.6 is 0 Å². The summed E-state index contributed by atoms with van der Waals surface area (Å²) in [5.41, 5.74) is 0. The third-order valence-corrected chi connectivity index (χ3v) is 1.50. The summed E-state index contributed by atoms with van der Waals surface area (Å²) in [6.45, 7) is 4.07. The second kappa shape index (κ2) is 3.49. The average molecular weight is 142 g/mol. The van der Waals surface area contributed by atoms with Crippen molar-refractivity contribution in [1.29, 1.82) is 0 Å². The number of allylic oxidation sites excluding steroid dienone is 1. The van der Waals surface area contributed by atoms with E-state index in [0.29, 0.717) is 0 Å². The molecule has 1 rings (SSSR count). The highest BCUT2D eigenvalue weighted by Gasteiger charge is 2.14. The second-order valence-electron chi connectivity index (χ2n) is 2.55. The Labute approximate surface area is 61.8 Å². The van der Waals surface area contributed by atoms with Gasteiger partial charge in [0.05, 0.1) is 0 Å². The van der Waals surface area contributed by atoms with Crippen LogP contribution in [0.3, 0.4) is 0 Å². The summed E-state index contributed by atoms with van der Waals surface area (Å²) >= 11 is 0. The van der Waals surface area contributed by atoms with Gasteiger partial charge in [0.25, 0.3) is 0 Å². The lowest BCUT2D eigenvalue weighted by Crippen LogP contribution is -2.06. The first-order valence-corrected chi connectivity index (χ1v) is 3.82. The smallest absolute Gasteiger partial charge is 0.240 e. The molecule has 1 heterocycles. The van der Waals surface area contributed by atoms with E-state index in [2.05, 4.69) is 6.92 Å².